The van der Waals surface area contributed by atoms with Crippen LogP contribution in [0.5, 0.6) is 5.75 Å². The molecule has 0 aromatic heterocycles. The quantitative estimate of drug-likeness (QED) is 0.765. The van der Waals surface area contributed by atoms with Crippen molar-refractivity contribution < 1.29 is 9.53 Å². The Morgan fingerprint density at radius 2 is 2.18 bits per heavy atom. The van der Waals surface area contributed by atoms with Crippen LogP contribution in [0, 0.1) is 6.92 Å². The first-order chi connectivity index (χ1) is 10.7. The maximum absolute atomic E-state index is 11.9. The number of carbonyl (C=O) groups is 1. The number of hydrogen-bond donors (Lipinski definition) is 2. The van der Waals surface area contributed by atoms with Gasteiger partial charge < -0.3 is 15.4 Å². The highest BCUT2D eigenvalue weighted by Crippen LogP contribution is 2.21. The Hall–Kier alpha value is -1.97. The summed E-state index contributed by atoms with van der Waals surface area (Å²) in [5.74, 6) is 0.829. The molecule has 0 saturated heterocycles. The third-order valence-electron chi connectivity index (χ3n) is 3.87. The second kappa shape index (κ2) is 8.47. The molecule has 0 heterocycles. The average molecular weight is 302 g/mol. The minimum atomic E-state index is -0.149. The first-order valence-corrected chi connectivity index (χ1v) is 8.15. The molecule has 4 nitrogen and oxygen atoms in total. The van der Waals surface area contributed by atoms with Gasteiger partial charge in [-0.3, -0.25) is 0 Å². The van der Waals surface area contributed by atoms with Gasteiger partial charge >= 0.3 is 6.03 Å². The molecule has 1 aromatic carbocycles. The molecule has 2 N–H and O–H groups in total. The highest BCUT2D eigenvalue weighted by atomic mass is 16.5. The van der Waals surface area contributed by atoms with Crippen LogP contribution < -0.4 is 15.4 Å². The molecule has 0 spiro atoms. The summed E-state index contributed by atoms with van der Waals surface area (Å²) in [4.78, 5) is 11.9. The summed E-state index contributed by atoms with van der Waals surface area (Å²) in [5, 5.41) is 5.82. The predicted molar refractivity (Wildman–Crippen MR) is 90.5 cm³/mol. The summed E-state index contributed by atoms with van der Waals surface area (Å²) in [6.07, 6.45) is 8.22. The van der Waals surface area contributed by atoms with Crippen molar-refractivity contribution in [1.82, 2.24) is 5.32 Å². The zero-order chi connectivity index (χ0) is 15.8. The lowest BCUT2D eigenvalue weighted by atomic mass is 9.97. The second-order valence-electron chi connectivity index (χ2n) is 5.65. The Kier molecular flexibility index (Phi) is 6.31. The van der Waals surface area contributed by atoms with Crippen LogP contribution in [0.1, 0.15) is 44.6 Å². The van der Waals surface area contributed by atoms with Gasteiger partial charge in [-0.1, -0.05) is 11.6 Å². The maximum atomic E-state index is 11.9. The van der Waals surface area contributed by atoms with Crippen LogP contribution >= 0.6 is 0 Å². The molecular formula is C18H26N2O2. The molecule has 0 atom stereocenters. The molecule has 120 valence electrons. The Morgan fingerprint density at radius 3 is 2.86 bits per heavy atom. The number of urea groups is 1. The van der Waals surface area contributed by atoms with Gasteiger partial charge in [0, 0.05) is 12.2 Å². The van der Waals surface area contributed by atoms with Crippen LogP contribution in [-0.4, -0.2) is 19.2 Å². The van der Waals surface area contributed by atoms with Gasteiger partial charge in [0.1, 0.15) is 5.75 Å². The molecule has 2 rings (SSSR count). The number of amides is 2. The number of benzene rings is 1. The zero-order valence-corrected chi connectivity index (χ0v) is 13.6. The van der Waals surface area contributed by atoms with E-state index in [1.807, 2.05) is 32.0 Å². The van der Waals surface area contributed by atoms with Crippen molar-refractivity contribution in [3.8, 4) is 5.75 Å². The van der Waals surface area contributed by atoms with E-state index in [9.17, 15) is 4.79 Å². The van der Waals surface area contributed by atoms with Gasteiger partial charge in [0.05, 0.1) is 6.61 Å². The number of anilines is 1. The van der Waals surface area contributed by atoms with Crippen LogP contribution in [0.15, 0.2) is 29.8 Å². The van der Waals surface area contributed by atoms with Crippen LogP contribution in [0.2, 0.25) is 0 Å². The van der Waals surface area contributed by atoms with Gasteiger partial charge in [-0.2, -0.15) is 0 Å². The summed E-state index contributed by atoms with van der Waals surface area (Å²) in [6, 6.07) is 5.54. The molecule has 0 saturated carbocycles. The van der Waals surface area contributed by atoms with E-state index in [2.05, 4.69) is 16.7 Å². The van der Waals surface area contributed by atoms with Crippen molar-refractivity contribution in [2.45, 2.75) is 46.0 Å². The lowest BCUT2D eigenvalue weighted by Gasteiger charge is -2.14. The van der Waals surface area contributed by atoms with E-state index in [1.54, 1.807) is 0 Å². The first-order valence-electron chi connectivity index (χ1n) is 8.15. The number of hydrogen-bond acceptors (Lipinski definition) is 2. The van der Waals surface area contributed by atoms with Gasteiger partial charge in [-0.05, 0) is 69.7 Å². The molecular weight excluding hydrogens is 276 g/mol. The molecule has 0 fully saturated rings. The highest BCUT2D eigenvalue weighted by molar-refractivity contribution is 5.90. The largest absolute Gasteiger partial charge is 0.494 e. The summed E-state index contributed by atoms with van der Waals surface area (Å²) >= 11 is 0. The van der Waals surface area contributed by atoms with E-state index in [1.165, 1.54) is 31.3 Å². The van der Waals surface area contributed by atoms with Crippen molar-refractivity contribution >= 4 is 11.7 Å². The predicted octanol–water partition coefficient (Wildman–Crippen LogP) is 4.41. The van der Waals surface area contributed by atoms with E-state index < -0.39 is 0 Å². The van der Waals surface area contributed by atoms with Crippen LogP contribution in [0.25, 0.3) is 0 Å². The Labute approximate surface area is 132 Å². The third-order valence-corrected chi connectivity index (χ3v) is 3.87. The molecule has 4 heteroatoms. The van der Waals surface area contributed by atoms with E-state index in [4.69, 9.17) is 4.74 Å². The van der Waals surface area contributed by atoms with Crippen LogP contribution in [0.4, 0.5) is 10.5 Å². The fourth-order valence-corrected chi connectivity index (χ4v) is 2.67. The number of carbonyl (C=O) groups excluding carboxylic acids is 1. The molecule has 0 unspecified atom stereocenters. The normalized spacial score (nSPS) is 14.2. The first kappa shape index (κ1) is 16.4. The van der Waals surface area contributed by atoms with Gasteiger partial charge in [0.15, 0.2) is 0 Å². The van der Waals surface area contributed by atoms with Crippen LogP contribution in [0.3, 0.4) is 0 Å². The summed E-state index contributed by atoms with van der Waals surface area (Å²) in [6.45, 7) is 5.25. The van der Waals surface area contributed by atoms with Gasteiger partial charge in [-0.25, -0.2) is 4.79 Å². The maximum Gasteiger partial charge on any atom is 0.319 e. The SMILES string of the molecule is CCOc1ccc(NC(=O)NCCC2=CCCCC2)c(C)c1. The van der Waals surface area contributed by atoms with E-state index in [0.717, 1.165) is 23.4 Å². The molecule has 2 amide bonds. The van der Waals surface area contributed by atoms with E-state index in [-0.39, 0.29) is 6.03 Å². The summed E-state index contributed by atoms with van der Waals surface area (Å²) in [5.41, 5.74) is 3.29. The van der Waals surface area contributed by atoms with Crippen molar-refractivity contribution in [2.75, 3.05) is 18.5 Å². The average Bonchev–Trinajstić information content (AvgIpc) is 2.51. The topological polar surface area (TPSA) is 50.4 Å². The second-order valence-corrected chi connectivity index (χ2v) is 5.65. The van der Waals surface area contributed by atoms with Crippen molar-refractivity contribution in [3.05, 3.63) is 35.4 Å². The molecule has 1 aliphatic rings. The Balaban J connectivity index is 1.77. The molecule has 1 aromatic rings. The van der Waals surface area contributed by atoms with Crippen molar-refractivity contribution in [3.63, 3.8) is 0 Å². The standard InChI is InChI=1S/C18H26N2O2/c1-3-22-16-9-10-17(14(2)13-16)20-18(21)19-12-11-15-7-5-4-6-8-15/h7,9-10,13H,3-6,8,11-12H2,1-2H3,(H2,19,20,21). The summed E-state index contributed by atoms with van der Waals surface area (Å²) in [7, 11) is 0. The van der Waals surface area contributed by atoms with Gasteiger partial charge in [0.2, 0.25) is 0 Å². The number of aryl methyl sites for hydroxylation is 1. The smallest absolute Gasteiger partial charge is 0.319 e. The monoisotopic (exact) mass is 302 g/mol. The highest BCUT2D eigenvalue weighted by Gasteiger charge is 2.07. The summed E-state index contributed by atoms with van der Waals surface area (Å²) < 4.78 is 5.44. The van der Waals surface area contributed by atoms with Gasteiger partial charge in [0.25, 0.3) is 0 Å². The Bertz CT molecular complexity index is 538. The van der Waals surface area contributed by atoms with Crippen LogP contribution in [-0.2, 0) is 0 Å². The molecule has 0 radical (unpaired) electrons. The lowest BCUT2D eigenvalue weighted by Crippen LogP contribution is -2.30. The fraction of sp³-hybridized carbons (Fsp3) is 0.500. The van der Waals surface area contributed by atoms with E-state index in [0.29, 0.717) is 13.2 Å². The molecule has 22 heavy (non-hydrogen) atoms. The molecule has 1 aliphatic carbocycles. The van der Waals surface area contributed by atoms with Crippen molar-refractivity contribution in [1.29, 1.82) is 0 Å². The van der Waals surface area contributed by atoms with Crippen molar-refractivity contribution in [2.24, 2.45) is 0 Å². The number of nitrogens with one attached hydrogen (secondary N) is 2. The molecule has 0 aliphatic heterocycles. The third kappa shape index (κ3) is 5.10. The fourth-order valence-electron chi connectivity index (χ4n) is 2.67. The zero-order valence-electron chi connectivity index (χ0n) is 13.6. The minimum absolute atomic E-state index is 0.149. The van der Waals surface area contributed by atoms with Gasteiger partial charge in [-0.15, -0.1) is 0 Å². The number of rotatable bonds is 6. The van der Waals surface area contributed by atoms with E-state index >= 15 is 0 Å². The molecule has 0 bridgehead atoms. The number of ether oxygens (including phenoxy) is 1. The minimum Gasteiger partial charge on any atom is -0.494 e. The lowest BCUT2D eigenvalue weighted by molar-refractivity contribution is 0.252. The number of allylic oxidation sites excluding steroid dienone is 1. The Morgan fingerprint density at radius 1 is 1.32 bits per heavy atom.